The molecule has 0 amide bonds. The highest BCUT2D eigenvalue weighted by Gasteiger charge is 2.19. The van der Waals surface area contributed by atoms with Crippen LogP contribution in [-0.4, -0.2) is 32.5 Å². The molecule has 1 aliphatic carbocycles. The lowest BCUT2D eigenvalue weighted by molar-refractivity contribution is 0.234. The Morgan fingerprint density at radius 3 is 2.83 bits per heavy atom. The Kier molecular flexibility index (Phi) is 5.67. The topological polar surface area (TPSA) is 34.0 Å². The predicted molar refractivity (Wildman–Crippen MR) is 98.0 cm³/mol. The van der Waals surface area contributed by atoms with Gasteiger partial charge in [-0.25, -0.2) is 4.98 Å². The van der Waals surface area contributed by atoms with Crippen LogP contribution in [0.25, 0.3) is 0 Å². The van der Waals surface area contributed by atoms with E-state index in [1.807, 2.05) is 18.7 Å². The van der Waals surface area contributed by atoms with Crippen molar-refractivity contribution in [3.05, 3.63) is 47.8 Å². The first-order chi connectivity index (χ1) is 11.6. The molecule has 24 heavy (non-hydrogen) atoms. The van der Waals surface area contributed by atoms with Crippen molar-refractivity contribution < 1.29 is 0 Å². The van der Waals surface area contributed by atoms with Crippen LogP contribution in [0.2, 0.25) is 0 Å². The number of imidazole rings is 1. The van der Waals surface area contributed by atoms with Crippen molar-refractivity contribution >= 4 is 0 Å². The number of likely N-dealkylation sites (N-methyl/N-ethyl adjacent to an activating group) is 1. The van der Waals surface area contributed by atoms with Crippen LogP contribution < -0.4 is 0 Å². The molecule has 2 aromatic rings. The van der Waals surface area contributed by atoms with Crippen LogP contribution in [0.1, 0.15) is 62.0 Å². The zero-order chi connectivity index (χ0) is 16.9. The summed E-state index contributed by atoms with van der Waals surface area (Å²) in [6, 6.07) is 5.35. The third-order valence-electron chi connectivity index (χ3n) is 5.35. The van der Waals surface area contributed by atoms with Crippen LogP contribution in [0.3, 0.4) is 0 Å². The Balaban J connectivity index is 1.62. The van der Waals surface area contributed by atoms with Crippen molar-refractivity contribution in [2.24, 2.45) is 0 Å². The van der Waals surface area contributed by atoms with Crippen LogP contribution in [0, 0.1) is 6.92 Å². The maximum atomic E-state index is 4.51. The molecule has 1 fully saturated rings. The summed E-state index contributed by atoms with van der Waals surface area (Å²) in [7, 11) is 2.21. The molecular weight excluding hydrogens is 296 g/mol. The van der Waals surface area contributed by atoms with Crippen molar-refractivity contribution in [2.45, 2.75) is 71.0 Å². The first-order valence-corrected chi connectivity index (χ1v) is 9.26. The first kappa shape index (κ1) is 17.2. The number of hydrogen-bond acceptors (Lipinski definition) is 3. The van der Waals surface area contributed by atoms with Crippen LogP contribution in [-0.2, 0) is 13.0 Å². The van der Waals surface area contributed by atoms with Gasteiger partial charge < -0.3 is 4.57 Å². The van der Waals surface area contributed by atoms with E-state index in [9.17, 15) is 0 Å². The Labute approximate surface area is 145 Å². The SMILES string of the molecule is Cc1ccnc(CC(C)N(C)Cc2cncn2C2CCCCC2)c1. The third kappa shape index (κ3) is 4.23. The van der Waals surface area contributed by atoms with Crippen molar-refractivity contribution in [3.63, 3.8) is 0 Å². The lowest BCUT2D eigenvalue weighted by Crippen LogP contribution is -2.32. The minimum Gasteiger partial charge on any atom is -0.330 e. The molecule has 0 saturated heterocycles. The molecule has 1 atom stereocenters. The maximum Gasteiger partial charge on any atom is 0.0951 e. The fourth-order valence-electron chi connectivity index (χ4n) is 3.72. The monoisotopic (exact) mass is 326 g/mol. The van der Waals surface area contributed by atoms with Crippen molar-refractivity contribution in [1.29, 1.82) is 0 Å². The van der Waals surface area contributed by atoms with Gasteiger partial charge in [0.05, 0.1) is 12.0 Å². The van der Waals surface area contributed by atoms with Crippen LogP contribution >= 0.6 is 0 Å². The number of rotatable bonds is 6. The zero-order valence-corrected chi connectivity index (χ0v) is 15.3. The molecule has 2 heterocycles. The second-order valence-corrected chi connectivity index (χ2v) is 7.38. The molecular formula is C20H30N4. The molecule has 0 aliphatic heterocycles. The fraction of sp³-hybridized carbons (Fsp3) is 0.600. The minimum absolute atomic E-state index is 0.453. The highest BCUT2D eigenvalue weighted by Crippen LogP contribution is 2.29. The van der Waals surface area contributed by atoms with Gasteiger partial charge in [0, 0.05) is 43.1 Å². The molecule has 130 valence electrons. The number of aryl methyl sites for hydroxylation is 1. The van der Waals surface area contributed by atoms with Crippen LogP contribution in [0.5, 0.6) is 0 Å². The van der Waals surface area contributed by atoms with Gasteiger partial charge in [-0.1, -0.05) is 19.3 Å². The molecule has 3 rings (SSSR count). The summed E-state index contributed by atoms with van der Waals surface area (Å²) < 4.78 is 2.42. The van der Waals surface area contributed by atoms with E-state index in [-0.39, 0.29) is 0 Å². The molecule has 4 heteroatoms. The molecule has 0 N–H and O–H groups in total. The lowest BCUT2D eigenvalue weighted by atomic mass is 9.95. The second kappa shape index (κ2) is 7.93. The minimum atomic E-state index is 0.453. The maximum absolute atomic E-state index is 4.51. The van der Waals surface area contributed by atoms with Gasteiger partial charge in [-0.3, -0.25) is 9.88 Å². The van der Waals surface area contributed by atoms with Gasteiger partial charge in [-0.05, 0) is 51.4 Å². The molecule has 1 saturated carbocycles. The van der Waals surface area contributed by atoms with Gasteiger partial charge in [0.25, 0.3) is 0 Å². The molecule has 0 bridgehead atoms. The highest BCUT2D eigenvalue weighted by atomic mass is 15.2. The summed E-state index contributed by atoms with van der Waals surface area (Å²) in [5.74, 6) is 0. The van der Waals surface area contributed by atoms with E-state index in [4.69, 9.17) is 0 Å². The van der Waals surface area contributed by atoms with Gasteiger partial charge in [-0.2, -0.15) is 0 Å². The summed E-state index contributed by atoms with van der Waals surface area (Å²) >= 11 is 0. The Hall–Kier alpha value is -1.68. The van der Waals surface area contributed by atoms with Gasteiger partial charge in [-0.15, -0.1) is 0 Å². The highest BCUT2D eigenvalue weighted by molar-refractivity contribution is 5.15. The van der Waals surface area contributed by atoms with E-state index in [2.05, 4.69) is 52.5 Å². The van der Waals surface area contributed by atoms with Crippen LogP contribution in [0.15, 0.2) is 30.9 Å². The summed E-state index contributed by atoms with van der Waals surface area (Å²) in [6.07, 6.45) is 13.7. The third-order valence-corrected chi connectivity index (χ3v) is 5.35. The molecule has 4 nitrogen and oxygen atoms in total. The van der Waals surface area contributed by atoms with Crippen molar-refractivity contribution in [1.82, 2.24) is 19.4 Å². The van der Waals surface area contributed by atoms with Gasteiger partial charge >= 0.3 is 0 Å². The molecule has 0 radical (unpaired) electrons. The average Bonchev–Trinajstić information content (AvgIpc) is 3.03. The molecule has 0 aromatic carbocycles. The first-order valence-electron chi connectivity index (χ1n) is 9.26. The lowest BCUT2D eigenvalue weighted by Gasteiger charge is -2.28. The van der Waals surface area contributed by atoms with Crippen molar-refractivity contribution in [2.75, 3.05) is 7.05 Å². The normalized spacial score (nSPS) is 17.3. The van der Waals surface area contributed by atoms with E-state index in [0.717, 1.165) is 13.0 Å². The number of pyridine rings is 1. The zero-order valence-electron chi connectivity index (χ0n) is 15.3. The van der Waals surface area contributed by atoms with Crippen LogP contribution in [0.4, 0.5) is 0 Å². The number of aromatic nitrogens is 3. The Morgan fingerprint density at radius 1 is 1.29 bits per heavy atom. The molecule has 1 unspecified atom stereocenters. The van der Waals surface area contributed by atoms with E-state index >= 15 is 0 Å². The smallest absolute Gasteiger partial charge is 0.0951 e. The van der Waals surface area contributed by atoms with E-state index in [1.54, 1.807) is 0 Å². The molecule has 1 aliphatic rings. The summed E-state index contributed by atoms with van der Waals surface area (Å²) in [6.45, 7) is 5.36. The average molecular weight is 326 g/mol. The Bertz CT molecular complexity index is 643. The molecule has 0 spiro atoms. The summed E-state index contributed by atoms with van der Waals surface area (Å²) in [4.78, 5) is 11.4. The van der Waals surface area contributed by atoms with Gasteiger partial charge in [0.1, 0.15) is 0 Å². The second-order valence-electron chi connectivity index (χ2n) is 7.38. The van der Waals surface area contributed by atoms with Gasteiger partial charge in [0.15, 0.2) is 0 Å². The number of nitrogens with zero attached hydrogens (tertiary/aromatic N) is 4. The molecule has 2 aromatic heterocycles. The van der Waals surface area contributed by atoms with E-state index in [1.165, 1.54) is 49.1 Å². The fourth-order valence-corrected chi connectivity index (χ4v) is 3.72. The van der Waals surface area contributed by atoms with E-state index < -0.39 is 0 Å². The standard InChI is InChI=1S/C20H30N4/c1-16-9-10-22-18(11-16)12-17(2)23(3)14-20-13-21-15-24(20)19-7-5-4-6-8-19/h9-11,13,15,17,19H,4-8,12,14H2,1-3H3. The largest absolute Gasteiger partial charge is 0.330 e. The van der Waals surface area contributed by atoms with E-state index in [0.29, 0.717) is 12.1 Å². The Morgan fingerprint density at radius 2 is 2.08 bits per heavy atom. The predicted octanol–water partition coefficient (Wildman–Crippen LogP) is 4.15. The quantitative estimate of drug-likeness (QED) is 0.799. The van der Waals surface area contributed by atoms with Crippen molar-refractivity contribution in [3.8, 4) is 0 Å². The summed E-state index contributed by atoms with van der Waals surface area (Å²) in [5, 5.41) is 0. The number of hydrogen-bond donors (Lipinski definition) is 0. The summed E-state index contributed by atoms with van der Waals surface area (Å²) in [5.41, 5.74) is 3.80. The van der Waals surface area contributed by atoms with Gasteiger partial charge in [0.2, 0.25) is 0 Å².